The van der Waals surface area contributed by atoms with E-state index in [1.807, 2.05) is 54.7 Å². The Hall–Kier alpha value is -2.81. The summed E-state index contributed by atoms with van der Waals surface area (Å²) in [7, 11) is 0. The molecule has 0 fully saturated rings. The smallest absolute Gasteiger partial charge is 0.256 e. The number of carbonyl (C=O) groups excluding carboxylic acids is 1. The van der Waals surface area contributed by atoms with E-state index >= 15 is 0 Å². The molecule has 0 bridgehead atoms. The Morgan fingerprint density at radius 2 is 1.85 bits per heavy atom. The van der Waals surface area contributed by atoms with Crippen LogP contribution in [-0.2, 0) is 4.79 Å². The number of aromatic nitrogens is 1. The Balaban J connectivity index is 1.93. The standard InChI is InChI=1S/C17H12N2O/c20-17-14(13-6-1-2-7-15(13)19-17)10-12-5-3-4-11-8-9-18-16(11)12/h1-10,18H,(H,19,20). The van der Waals surface area contributed by atoms with Crippen LogP contribution >= 0.6 is 0 Å². The number of anilines is 1. The molecular weight excluding hydrogens is 248 g/mol. The molecule has 2 heterocycles. The lowest BCUT2D eigenvalue weighted by molar-refractivity contribution is -0.110. The molecule has 2 N–H and O–H groups in total. The summed E-state index contributed by atoms with van der Waals surface area (Å²) in [5.41, 5.74) is 4.62. The van der Waals surface area contributed by atoms with Gasteiger partial charge in [0.25, 0.3) is 5.91 Å². The summed E-state index contributed by atoms with van der Waals surface area (Å²) in [4.78, 5) is 15.3. The van der Waals surface area contributed by atoms with Crippen molar-refractivity contribution in [3.8, 4) is 0 Å². The van der Waals surface area contributed by atoms with Gasteiger partial charge in [0.15, 0.2) is 0 Å². The molecule has 0 spiro atoms. The zero-order valence-corrected chi connectivity index (χ0v) is 10.7. The van der Waals surface area contributed by atoms with Gasteiger partial charge in [-0.3, -0.25) is 4.79 Å². The van der Waals surface area contributed by atoms with Gasteiger partial charge in [-0.15, -0.1) is 0 Å². The number of hydrogen-bond acceptors (Lipinski definition) is 1. The van der Waals surface area contributed by atoms with E-state index in [4.69, 9.17) is 0 Å². The zero-order chi connectivity index (χ0) is 13.5. The number of hydrogen-bond donors (Lipinski definition) is 2. The quantitative estimate of drug-likeness (QED) is 0.644. The molecular formula is C17H12N2O. The second kappa shape index (κ2) is 4.10. The van der Waals surface area contributed by atoms with Crippen molar-refractivity contribution in [3.05, 3.63) is 65.9 Å². The number of nitrogens with one attached hydrogen (secondary N) is 2. The predicted molar refractivity (Wildman–Crippen MR) is 81.2 cm³/mol. The molecule has 1 aromatic heterocycles. The van der Waals surface area contributed by atoms with Gasteiger partial charge in [0.2, 0.25) is 0 Å². The molecule has 0 saturated carbocycles. The van der Waals surface area contributed by atoms with Crippen molar-refractivity contribution in [1.29, 1.82) is 0 Å². The summed E-state index contributed by atoms with van der Waals surface area (Å²) >= 11 is 0. The van der Waals surface area contributed by atoms with Crippen molar-refractivity contribution in [2.75, 3.05) is 5.32 Å². The van der Waals surface area contributed by atoms with Crippen molar-refractivity contribution in [2.45, 2.75) is 0 Å². The number of H-pyrrole nitrogens is 1. The number of fused-ring (bicyclic) bond motifs is 2. The van der Waals surface area contributed by atoms with E-state index in [1.54, 1.807) is 0 Å². The largest absolute Gasteiger partial charge is 0.361 e. The van der Waals surface area contributed by atoms with Crippen LogP contribution in [0.3, 0.4) is 0 Å². The number of aromatic amines is 1. The molecule has 1 aliphatic heterocycles. The van der Waals surface area contributed by atoms with Crippen LogP contribution in [0.2, 0.25) is 0 Å². The van der Waals surface area contributed by atoms with E-state index in [1.165, 1.54) is 0 Å². The summed E-state index contributed by atoms with van der Waals surface area (Å²) in [5.74, 6) is -0.0465. The first-order valence-corrected chi connectivity index (χ1v) is 6.51. The SMILES string of the molecule is O=C1Nc2ccccc2C1=Cc1cccc2cc[nH]c12. The van der Waals surface area contributed by atoms with Crippen LogP contribution in [0.15, 0.2) is 54.7 Å². The van der Waals surface area contributed by atoms with Crippen LogP contribution in [0.4, 0.5) is 5.69 Å². The van der Waals surface area contributed by atoms with E-state index < -0.39 is 0 Å². The third-order valence-electron chi connectivity index (χ3n) is 3.63. The average Bonchev–Trinajstić information content (AvgIpc) is 3.05. The van der Waals surface area contributed by atoms with Gasteiger partial charge in [-0.05, 0) is 29.2 Å². The normalized spacial score (nSPS) is 15.6. The van der Waals surface area contributed by atoms with E-state index in [-0.39, 0.29) is 5.91 Å². The summed E-state index contributed by atoms with van der Waals surface area (Å²) in [6.45, 7) is 0. The summed E-state index contributed by atoms with van der Waals surface area (Å²) < 4.78 is 0. The first-order chi connectivity index (χ1) is 9.83. The van der Waals surface area contributed by atoms with Gasteiger partial charge in [-0.25, -0.2) is 0 Å². The third kappa shape index (κ3) is 1.57. The highest BCUT2D eigenvalue weighted by Gasteiger charge is 2.23. The molecule has 0 aliphatic carbocycles. The maximum absolute atomic E-state index is 12.1. The molecule has 20 heavy (non-hydrogen) atoms. The minimum atomic E-state index is -0.0465. The van der Waals surface area contributed by atoms with E-state index in [0.717, 1.165) is 27.7 Å². The Labute approximate surface area is 115 Å². The number of amides is 1. The van der Waals surface area contributed by atoms with Crippen molar-refractivity contribution in [3.63, 3.8) is 0 Å². The molecule has 1 aliphatic rings. The zero-order valence-electron chi connectivity index (χ0n) is 10.7. The lowest BCUT2D eigenvalue weighted by atomic mass is 10.0. The first kappa shape index (κ1) is 11.1. The van der Waals surface area contributed by atoms with Crippen molar-refractivity contribution < 1.29 is 4.79 Å². The van der Waals surface area contributed by atoms with Crippen LogP contribution in [0.5, 0.6) is 0 Å². The van der Waals surface area contributed by atoms with Gasteiger partial charge in [0.05, 0.1) is 5.52 Å². The van der Waals surface area contributed by atoms with Crippen LogP contribution in [-0.4, -0.2) is 10.9 Å². The molecule has 3 aromatic rings. The molecule has 2 aromatic carbocycles. The third-order valence-corrected chi connectivity index (χ3v) is 3.63. The molecule has 0 saturated heterocycles. The van der Waals surface area contributed by atoms with Gasteiger partial charge >= 0.3 is 0 Å². The lowest BCUT2D eigenvalue weighted by Crippen LogP contribution is -2.03. The van der Waals surface area contributed by atoms with E-state index in [0.29, 0.717) is 5.57 Å². The highest BCUT2D eigenvalue weighted by molar-refractivity contribution is 6.35. The Morgan fingerprint density at radius 3 is 2.80 bits per heavy atom. The Bertz CT molecular complexity index is 858. The van der Waals surface area contributed by atoms with Crippen LogP contribution in [0, 0.1) is 0 Å². The maximum Gasteiger partial charge on any atom is 0.256 e. The predicted octanol–water partition coefficient (Wildman–Crippen LogP) is 3.66. The molecule has 0 atom stereocenters. The molecule has 0 radical (unpaired) electrons. The minimum absolute atomic E-state index is 0.0465. The fourth-order valence-electron chi connectivity index (χ4n) is 2.67. The van der Waals surface area contributed by atoms with Gasteiger partial charge in [-0.1, -0.05) is 36.4 Å². The molecule has 96 valence electrons. The molecule has 1 amide bonds. The van der Waals surface area contributed by atoms with Gasteiger partial charge < -0.3 is 10.3 Å². The van der Waals surface area contributed by atoms with E-state index in [9.17, 15) is 4.79 Å². The van der Waals surface area contributed by atoms with Crippen LogP contribution in [0.1, 0.15) is 11.1 Å². The van der Waals surface area contributed by atoms with Crippen molar-refractivity contribution in [1.82, 2.24) is 4.98 Å². The summed E-state index contributed by atoms with van der Waals surface area (Å²) in [6, 6.07) is 15.9. The number of para-hydroxylation sites is 2. The molecule has 0 unspecified atom stereocenters. The number of carbonyl (C=O) groups is 1. The van der Waals surface area contributed by atoms with Crippen molar-refractivity contribution >= 4 is 34.1 Å². The molecule has 3 nitrogen and oxygen atoms in total. The second-order valence-electron chi connectivity index (χ2n) is 4.85. The average molecular weight is 260 g/mol. The van der Waals surface area contributed by atoms with Crippen molar-refractivity contribution in [2.24, 2.45) is 0 Å². The number of rotatable bonds is 1. The topological polar surface area (TPSA) is 44.9 Å². The fraction of sp³-hybridized carbons (Fsp3) is 0. The van der Waals surface area contributed by atoms with E-state index in [2.05, 4.69) is 16.4 Å². The molecule has 4 rings (SSSR count). The van der Waals surface area contributed by atoms with Crippen LogP contribution < -0.4 is 5.32 Å². The molecule has 3 heteroatoms. The fourth-order valence-corrected chi connectivity index (χ4v) is 2.67. The first-order valence-electron chi connectivity index (χ1n) is 6.51. The lowest BCUT2D eigenvalue weighted by Gasteiger charge is -2.00. The number of benzene rings is 2. The Kier molecular flexibility index (Phi) is 2.27. The summed E-state index contributed by atoms with van der Waals surface area (Å²) in [5, 5.41) is 4.04. The monoisotopic (exact) mass is 260 g/mol. The second-order valence-corrected chi connectivity index (χ2v) is 4.85. The minimum Gasteiger partial charge on any atom is -0.361 e. The van der Waals surface area contributed by atoms with Gasteiger partial charge in [-0.2, -0.15) is 0 Å². The maximum atomic E-state index is 12.1. The van der Waals surface area contributed by atoms with Gasteiger partial charge in [0, 0.05) is 23.0 Å². The summed E-state index contributed by atoms with van der Waals surface area (Å²) in [6.07, 6.45) is 3.86. The Morgan fingerprint density at radius 1 is 0.950 bits per heavy atom. The van der Waals surface area contributed by atoms with Crippen LogP contribution in [0.25, 0.3) is 22.6 Å². The highest BCUT2D eigenvalue weighted by Crippen LogP contribution is 2.33. The highest BCUT2D eigenvalue weighted by atomic mass is 16.2. The van der Waals surface area contributed by atoms with Gasteiger partial charge in [0.1, 0.15) is 0 Å².